The van der Waals surface area contributed by atoms with Gasteiger partial charge in [-0.3, -0.25) is 14.9 Å². The van der Waals surface area contributed by atoms with Crippen LogP contribution in [0, 0.1) is 0 Å². The first kappa shape index (κ1) is 25.9. The van der Waals surface area contributed by atoms with Gasteiger partial charge in [-0.15, -0.1) is 0 Å². The van der Waals surface area contributed by atoms with Gasteiger partial charge in [-0.2, -0.15) is 0 Å². The van der Waals surface area contributed by atoms with Crippen molar-refractivity contribution >= 4 is 40.5 Å². The smallest absolute Gasteiger partial charge is 0.257 e. The molecule has 0 aliphatic rings. The van der Waals surface area contributed by atoms with Crippen LogP contribution in [0.25, 0.3) is 0 Å². The fraction of sp³-hybridized carbons (Fsp3) is 0.375. The largest absolute Gasteiger partial charge is 0.490 e. The average molecular weight is 474 g/mol. The molecule has 0 radical (unpaired) electrons. The minimum Gasteiger partial charge on any atom is -0.490 e. The first-order chi connectivity index (χ1) is 15.9. The highest BCUT2D eigenvalue weighted by atomic mass is 32.1. The van der Waals surface area contributed by atoms with Crippen LogP contribution in [0.2, 0.25) is 0 Å². The minimum absolute atomic E-state index is 0.0332. The number of ether oxygens (including phenoxy) is 3. The SMILES string of the molecule is CCCC(=O)Nc1ccc(NC(=S)NC(=O)c2cc(OCC)c(OCC)c(OCC)c2)cc1. The Morgan fingerprint density at radius 2 is 1.33 bits per heavy atom. The van der Waals surface area contributed by atoms with Crippen LogP contribution in [-0.4, -0.2) is 36.7 Å². The van der Waals surface area contributed by atoms with Gasteiger partial charge in [0, 0.05) is 23.4 Å². The van der Waals surface area contributed by atoms with Crippen molar-refractivity contribution in [1.29, 1.82) is 0 Å². The molecule has 0 saturated heterocycles. The van der Waals surface area contributed by atoms with Crippen molar-refractivity contribution in [3.63, 3.8) is 0 Å². The molecule has 0 spiro atoms. The number of benzene rings is 2. The van der Waals surface area contributed by atoms with E-state index in [0.29, 0.717) is 60.4 Å². The van der Waals surface area contributed by atoms with Gasteiger partial charge in [-0.25, -0.2) is 0 Å². The molecule has 2 amide bonds. The van der Waals surface area contributed by atoms with Gasteiger partial charge in [0.15, 0.2) is 16.6 Å². The fourth-order valence-electron chi connectivity index (χ4n) is 2.94. The van der Waals surface area contributed by atoms with Gasteiger partial charge in [-0.05, 0) is 75.8 Å². The van der Waals surface area contributed by atoms with E-state index in [-0.39, 0.29) is 11.0 Å². The topological polar surface area (TPSA) is 97.9 Å². The molecule has 0 unspecified atom stereocenters. The molecule has 0 heterocycles. The summed E-state index contributed by atoms with van der Waals surface area (Å²) in [5.41, 5.74) is 1.68. The maximum absolute atomic E-state index is 12.8. The number of amides is 2. The number of thiocarbonyl (C=S) groups is 1. The Labute approximate surface area is 200 Å². The molecule has 0 aliphatic carbocycles. The molecule has 0 bridgehead atoms. The van der Waals surface area contributed by atoms with Gasteiger partial charge < -0.3 is 24.8 Å². The van der Waals surface area contributed by atoms with E-state index in [1.165, 1.54) is 0 Å². The third-order valence-electron chi connectivity index (χ3n) is 4.30. The summed E-state index contributed by atoms with van der Waals surface area (Å²) in [6, 6.07) is 10.2. The van der Waals surface area contributed by atoms with E-state index in [0.717, 1.165) is 6.42 Å². The lowest BCUT2D eigenvalue weighted by atomic mass is 10.1. The number of hydrogen-bond donors (Lipinski definition) is 3. The minimum atomic E-state index is -0.416. The van der Waals surface area contributed by atoms with Crippen LogP contribution in [0.1, 0.15) is 50.9 Å². The molecule has 2 aromatic rings. The first-order valence-corrected chi connectivity index (χ1v) is 11.4. The Balaban J connectivity index is 2.09. The molecule has 2 rings (SSSR count). The average Bonchev–Trinajstić information content (AvgIpc) is 2.77. The number of carbonyl (C=O) groups is 2. The lowest BCUT2D eigenvalue weighted by Gasteiger charge is -2.17. The lowest BCUT2D eigenvalue weighted by molar-refractivity contribution is -0.116. The maximum atomic E-state index is 12.8. The summed E-state index contributed by atoms with van der Waals surface area (Å²) < 4.78 is 17.0. The summed E-state index contributed by atoms with van der Waals surface area (Å²) >= 11 is 5.29. The van der Waals surface area contributed by atoms with E-state index in [2.05, 4.69) is 16.0 Å². The second kappa shape index (κ2) is 13.3. The molecule has 0 atom stereocenters. The van der Waals surface area contributed by atoms with Crippen LogP contribution in [0.15, 0.2) is 36.4 Å². The molecule has 0 fully saturated rings. The molecule has 9 heteroatoms. The zero-order valence-electron chi connectivity index (χ0n) is 19.4. The Hall–Kier alpha value is -3.33. The number of carbonyl (C=O) groups excluding carboxylic acids is 2. The third-order valence-corrected chi connectivity index (χ3v) is 4.51. The predicted octanol–water partition coefficient (Wildman–Crippen LogP) is 4.75. The highest BCUT2D eigenvalue weighted by Crippen LogP contribution is 2.39. The maximum Gasteiger partial charge on any atom is 0.257 e. The molecule has 33 heavy (non-hydrogen) atoms. The summed E-state index contributed by atoms with van der Waals surface area (Å²) in [5.74, 6) is 0.865. The zero-order chi connectivity index (χ0) is 24.2. The van der Waals surface area contributed by atoms with Crippen LogP contribution in [0.3, 0.4) is 0 Å². The van der Waals surface area contributed by atoms with Crippen molar-refractivity contribution in [3.8, 4) is 17.2 Å². The van der Waals surface area contributed by atoms with E-state index in [4.69, 9.17) is 26.4 Å². The van der Waals surface area contributed by atoms with Crippen LogP contribution >= 0.6 is 12.2 Å². The molecule has 3 N–H and O–H groups in total. The predicted molar refractivity (Wildman–Crippen MR) is 134 cm³/mol. The molecule has 178 valence electrons. The highest BCUT2D eigenvalue weighted by Gasteiger charge is 2.19. The van der Waals surface area contributed by atoms with Gasteiger partial charge in [0.25, 0.3) is 5.91 Å². The summed E-state index contributed by atoms with van der Waals surface area (Å²) in [4.78, 5) is 24.5. The Bertz CT molecular complexity index is 936. The Morgan fingerprint density at radius 3 is 1.82 bits per heavy atom. The molecule has 0 aliphatic heterocycles. The Morgan fingerprint density at radius 1 is 0.818 bits per heavy atom. The molecular weight excluding hydrogens is 442 g/mol. The normalized spacial score (nSPS) is 10.2. The standard InChI is InChI=1S/C24H31N3O5S/c1-5-9-21(28)25-17-10-12-18(13-11-17)26-24(33)27-23(29)16-14-19(30-6-2)22(32-8-4)20(15-16)31-7-3/h10-15H,5-9H2,1-4H3,(H,25,28)(H2,26,27,29,33). The van der Waals surface area contributed by atoms with E-state index < -0.39 is 5.91 Å². The van der Waals surface area contributed by atoms with Crippen molar-refractivity contribution in [2.75, 3.05) is 30.5 Å². The lowest BCUT2D eigenvalue weighted by Crippen LogP contribution is -2.34. The zero-order valence-corrected chi connectivity index (χ0v) is 20.3. The van der Waals surface area contributed by atoms with Crippen molar-refractivity contribution < 1.29 is 23.8 Å². The summed E-state index contributed by atoms with van der Waals surface area (Å²) in [6.07, 6.45) is 1.25. The van der Waals surface area contributed by atoms with E-state index >= 15 is 0 Å². The third kappa shape index (κ3) is 7.94. The van der Waals surface area contributed by atoms with Gasteiger partial charge in [0.1, 0.15) is 0 Å². The monoisotopic (exact) mass is 473 g/mol. The number of hydrogen-bond acceptors (Lipinski definition) is 6. The number of nitrogens with one attached hydrogen (secondary N) is 3. The van der Waals surface area contributed by atoms with Crippen molar-refractivity contribution in [1.82, 2.24) is 5.32 Å². The van der Waals surface area contributed by atoms with Gasteiger partial charge >= 0.3 is 0 Å². The van der Waals surface area contributed by atoms with Crippen molar-refractivity contribution in [2.24, 2.45) is 0 Å². The van der Waals surface area contributed by atoms with E-state index in [9.17, 15) is 9.59 Å². The second-order valence-electron chi connectivity index (χ2n) is 6.88. The summed E-state index contributed by atoms with van der Waals surface area (Å²) in [6.45, 7) is 8.76. The fourth-order valence-corrected chi connectivity index (χ4v) is 3.16. The molecule has 0 aromatic heterocycles. The quantitative estimate of drug-likeness (QED) is 0.405. The number of rotatable bonds is 11. The Kier molecular flexibility index (Phi) is 10.4. The van der Waals surface area contributed by atoms with E-state index in [1.54, 1.807) is 36.4 Å². The number of anilines is 2. The summed E-state index contributed by atoms with van der Waals surface area (Å²) in [7, 11) is 0. The highest BCUT2D eigenvalue weighted by molar-refractivity contribution is 7.80. The van der Waals surface area contributed by atoms with Gasteiger partial charge in [-0.1, -0.05) is 6.92 Å². The summed E-state index contributed by atoms with van der Waals surface area (Å²) in [5, 5.41) is 8.57. The first-order valence-electron chi connectivity index (χ1n) is 11.0. The van der Waals surface area contributed by atoms with Crippen molar-refractivity contribution in [3.05, 3.63) is 42.0 Å². The molecular formula is C24H31N3O5S. The van der Waals surface area contributed by atoms with Crippen LogP contribution in [0.4, 0.5) is 11.4 Å². The van der Waals surface area contributed by atoms with Crippen LogP contribution in [-0.2, 0) is 4.79 Å². The second-order valence-corrected chi connectivity index (χ2v) is 7.29. The van der Waals surface area contributed by atoms with Crippen molar-refractivity contribution in [2.45, 2.75) is 40.5 Å². The van der Waals surface area contributed by atoms with E-state index in [1.807, 2.05) is 27.7 Å². The molecule has 8 nitrogen and oxygen atoms in total. The van der Waals surface area contributed by atoms with Crippen LogP contribution in [0.5, 0.6) is 17.2 Å². The van der Waals surface area contributed by atoms with Gasteiger partial charge in [0.05, 0.1) is 19.8 Å². The van der Waals surface area contributed by atoms with Gasteiger partial charge in [0.2, 0.25) is 11.7 Å². The molecule has 2 aromatic carbocycles. The van der Waals surface area contributed by atoms with Crippen LogP contribution < -0.4 is 30.2 Å². The molecule has 0 saturated carbocycles.